The third-order valence-electron chi connectivity index (χ3n) is 3.35. The first kappa shape index (κ1) is 10.5. The van der Waals surface area contributed by atoms with E-state index in [9.17, 15) is 4.79 Å². The van der Waals surface area contributed by atoms with E-state index in [4.69, 9.17) is 0 Å². The normalized spacial score (nSPS) is 27.2. The molecule has 0 heterocycles. The smallest absolute Gasteiger partial charge is 0.133 e. The maximum atomic E-state index is 11.3. The summed E-state index contributed by atoms with van der Waals surface area (Å²) in [7, 11) is 0. The van der Waals surface area contributed by atoms with Gasteiger partial charge in [0.05, 0.1) is 0 Å². The molecular formula is C12H20O. The van der Waals surface area contributed by atoms with Crippen molar-refractivity contribution in [1.29, 1.82) is 0 Å². The van der Waals surface area contributed by atoms with Crippen LogP contribution >= 0.6 is 0 Å². The van der Waals surface area contributed by atoms with Gasteiger partial charge in [-0.2, -0.15) is 0 Å². The third kappa shape index (κ3) is 2.68. The lowest BCUT2D eigenvalue weighted by Crippen LogP contribution is -2.31. The summed E-state index contributed by atoms with van der Waals surface area (Å²) in [6.45, 7) is 8.30. The summed E-state index contributed by atoms with van der Waals surface area (Å²) in [5, 5.41) is 0. The lowest BCUT2D eigenvalue weighted by molar-refractivity contribution is -0.124. The Kier molecular flexibility index (Phi) is 3.29. The molecule has 0 aromatic rings. The molecule has 1 aliphatic rings. The Morgan fingerprint density at radius 3 is 2.92 bits per heavy atom. The van der Waals surface area contributed by atoms with Crippen LogP contribution in [0.2, 0.25) is 0 Å². The van der Waals surface area contributed by atoms with E-state index in [0.29, 0.717) is 17.1 Å². The molecule has 1 fully saturated rings. The second-order valence-electron chi connectivity index (χ2n) is 4.79. The largest absolute Gasteiger partial charge is 0.300 e. The first-order chi connectivity index (χ1) is 6.06. The summed E-state index contributed by atoms with van der Waals surface area (Å²) in [4.78, 5) is 11.3. The van der Waals surface area contributed by atoms with E-state index in [2.05, 4.69) is 20.4 Å². The lowest BCUT2D eigenvalue weighted by atomic mass is 9.67. The Balaban J connectivity index is 2.55. The van der Waals surface area contributed by atoms with Crippen LogP contribution in [0.5, 0.6) is 0 Å². The molecule has 0 N–H and O–H groups in total. The number of ketones is 1. The molecule has 1 heteroatoms. The van der Waals surface area contributed by atoms with Crippen LogP contribution in [0.15, 0.2) is 12.7 Å². The highest BCUT2D eigenvalue weighted by Gasteiger charge is 2.34. The van der Waals surface area contributed by atoms with E-state index in [0.717, 1.165) is 32.1 Å². The highest BCUT2D eigenvalue weighted by molar-refractivity contribution is 5.79. The standard InChI is InChI=1S/C12H20O/c1-4-5-6-10-9-11(13)7-8-12(10,2)3/h4,10H,1,5-9H2,2-3H3. The van der Waals surface area contributed by atoms with Gasteiger partial charge in [-0.25, -0.2) is 0 Å². The van der Waals surface area contributed by atoms with Gasteiger partial charge >= 0.3 is 0 Å². The molecule has 0 radical (unpaired) electrons. The molecular weight excluding hydrogens is 160 g/mol. The van der Waals surface area contributed by atoms with Gasteiger partial charge in [0.25, 0.3) is 0 Å². The molecule has 0 aromatic heterocycles. The highest BCUT2D eigenvalue weighted by atomic mass is 16.1. The second-order valence-corrected chi connectivity index (χ2v) is 4.79. The molecule has 0 bridgehead atoms. The van der Waals surface area contributed by atoms with E-state index >= 15 is 0 Å². The Hall–Kier alpha value is -0.590. The van der Waals surface area contributed by atoms with Crippen LogP contribution in [-0.2, 0) is 4.79 Å². The zero-order valence-electron chi connectivity index (χ0n) is 8.81. The van der Waals surface area contributed by atoms with Gasteiger partial charge in [0.15, 0.2) is 0 Å². The van der Waals surface area contributed by atoms with E-state index in [1.165, 1.54) is 0 Å². The van der Waals surface area contributed by atoms with Crippen molar-refractivity contribution < 1.29 is 4.79 Å². The third-order valence-corrected chi connectivity index (χ3v) is 3.35. The van der Waals surface area contributed by atoms with Gasteiger partial charge in [-0.1, -0.05) is 19.9 Å². The fraction of sp³-hybridized carbons (Fsp3) is 0.750. The van der Waals surface area contributed by atoms with Gasteiger partial charge in [0, 0.05) is 12.8 Å². The fourth-order valence-electron chi connectivity index (χ4n) is 2.13. The van der Waals surface area contributed by atoms with Crippen molar-refractivity contribution in [3.05, 3.63) is 12.7 Å². The Labute approximate surface area is 81.2 Å². The summed E-state index contributed by atoms with van der Waals surface area (Å²) in [6.07, 6.45) is 6.77. The maximum Gasteiger partial charge on any atom is 0.133 e. The van der Waals surface area contributed by atoms with Crippen molar-refractivity contribution in [2.24, 2.45) is 11.3 Å². The molecule has 1 atom stereocenters. The van der Waals surface area contributed by atoms with Crippen molar-refractivity contribution in [2.75, 3.05) is 0 Å². The summed E-state index contributed by atoms with van der Waals surface area (Å²) >= 11 is 0. The zero-order valence-corrected chi connectivity index (χ0v) is 8.81. The van der Waals surface area contributed by atoms with Crippen molar-refractivity contribution in [3.8, 4) is 0 Å². The number of carbonyl (C=O) groups excluding carboxylic acids is 1. The van der Waals surface area contributed by atoms with Crippen LogP contribution in [0.25, 0.3) is 0 Å². The van der Waals surface area contributed by atoms with E-state index in [1.807, 2.05) is 6.08 Å². The minimum absolute atomic E-state index is 0.358. The van der Waals surface area contributed by atoms with Gasteiger partial charge in [-0.3, -0.25) is 4.79 Å². The molecule has 0 aromatic carbocycles. The van der Waals surface area contributed by atoms with Crippen LogP contribution < -0.4 is 0 Å². The van der Waals surface area contributed by atoms with Gasteiger partial charge in [0.2, 0.25) is 0 Å². The molecule has 0 saturated heterocycles. The van der Waals surface area contributed by atoms with Crippen molar-refractivity contribution in [2.45, 2.75) is 46.0 Å². The molecule has 0 aliphatic heterocycles. The van der Waals surface area contributed by atoms with Gasteiger partial charge in [0.1, 0.15) is 5.78 Å². The molecule has 1 rings (SSSR count). The molecule has 0 spiro atoms. The first-order valence-corrected chi connectivity index (χ1v) is 5.19. The van der Waals surface area contributed by atoms with Gasteiger partial charge < -0.3 is 0 Å². The second kappa shape index (κ2) is 4.08. The van der Waals surface area contributed by atoms with Crippen molar-refractivity contribution >= 4 is 5.78 Å². The molecule has 1 aliphatic carbocycles. The first-order valence-electron chi connectivity index (χ1n) is 5.19. The van der Waals surface area contributed by atoms with Crippen LogP contribution in [0, 0.1) is 11.3 Å². The zero-order chi connectivity index (χ0) is 9.90. The number of allylic oxidation sites excluding steroid dienone is 1. The summed E-state index contributed by atoms with van der Waals surface area (Å²) in [5.74, 6) is 1.03. The Morgan fingerprint density at radius 1 is 1.62 bits per heavy atom. The number of hydrogen-bond acceptors (Lipinski definition) is 1. The maximum absolute atomic E-state index is 11.3. The highest BCUT2D eigenvalue weighted by Crippen LogP contribution is 2.41. The number of carbonyl (C=O) groups is 1. The molecule has 1 saturated carbocycles. The summed E-state index contributed by atoms with van der Waals surface area (Å²) < 4.78 is 0. The molecule has 1 nitrogen and oxygen atoms in total. The number of rotatable bonds is 3. The lowest BCUT2D eigenvalue weighted by Gasteiger charge is -2.37. The fourth-order valence-corrected chi connectivity index (χ4v) is 2.13. The van der Waals surface area contributed by atoms with Crippen LogP contribution in [0.1, 0.15) is 46.0 Å². The van der Waals surface area contributed by atoms with Crippen molar-refractivity contribution in [1.82, 2.24) is 0 Å². The molecule has 1 unspecified atom stereocenters. The molecule has 13 heavy (non-hydrogen) atoms. The Morgan fingerprint density at radius 2 is 2.31 bits per heavy atom. The van der Waals surface area contributed by atoms with Gasteiger partial charge in [-0.05, 0) is 30.6 Å². The Bertz CT molecular complexity index is 203. The predicted octanol–water partition coefficient (Wildman–Crippen LogP) is 3.35. The minimum atomic E-state index is 0.358. The topological polar surface area (TPSA) is 17.1 Å². The summed E-state index contributed by atoms with van der Waals surface area (Å²) in [5.41, 5.74) is 0.358. The number of hydrogen-bond donors (Lipinski definition) is 0. The van der Waals surface area contributed by atoms with E-state index in [1.54, 1.807) is 0 Å². The SMILES string of the molecule is C=CCCC1CC(=O)CCC1(C)C. The van der Waals surface area contributed by atoms with E-state index in [-0.39, 0.29) is 0 Å². The van der Waals surface area contributed by atoms with Crippen LogP contribution in [-0.4, -0.2) is 5.78 Å². The molecule has 74 valence electrons. The monoisotopic (exact) mass is 180 g/mol. The quantitative estimate of drug-likeness (QED) is 0.609. The van der Waals surface area contributed by atoms with Crippen molar-refractivity contribution in [3.63, 3.8) is 0 Å². The number of Topliss-reactive ketones (excluding diaryl/α,β-unsaturated/α-hetero) is 1. The molecule has 0 amide bonds. The minimum Gasteiger partial charge on any atom is -0.300 e. The van der Waals surface area contributed by atoms with Crippen LogP contribution in [0.3, 0.4) is 0 Å². The average molecular weight is 180 g/mol. The summed E-state index contributed by atoms with van der Waals surface area (Å²) in [6, 6.07) is 0. The van der Waals surface area contributed by atoms with E-state index < -0.39 is 0 Å². The average Bonchev–Trinajstić information content (AvgIpc) is 2.07. The van der Waals surface area contributed by atoms with Gasteiger partial charge in [-0.15, -0.1) is 6.58 Å². The van der Waals surface area contributed by atoms with Crippen LogP contribution in [0.4, 0.5) is 0 Å². The predicted molar refractivity (Wildman–Crippen MR) is 55.6 cm³/mol.